The van der Waals surface area contributed by atoms with Gasteiger partial charge in [0.25, 0.3) is 0 Å². The van der Waals surface area contributed by atoms with Gasteiger partial charge in [-0.25, -0.2) is 0 Å². The van der Waals surface area contributed by atoms with Gasteiger partial charge in [0.2, 0.25) is 5.91 Å². The van der Waals surface area contributed by atoms with Gasteiger partial charge < -0.3 is 5.73 Å². The van der Waals surface area contributed by atoms with E-state index in [1.165, 1.54) is 12.8 Å². The Balaban J connectivity index is 2.63. The lowest BCUT2D eigenvalue weighted by atomic mass is 9.76. The molecular weight excluding hydrogens is 138 g/mol. The average Bonchev–Trinajstić information content (AvgIpc) is 2.35. The van der Waals surface area contributed by atoms with E-state index in [1.807, 2.05) is 6.92 Å². The Kier molecular flexibility index (Phi) is 2.21. The molecule has 0 spiro atoms. The van der Waals surface area contributed by atoms with Crippen molar-refractivity contribution in [3.8, 4) is 0 Å². The van der Waals surface area contributed by atoms with Crippen LogP contribution in [-0.4, -0.2) is 5.91 Å². The standard InChI is InChI=1S/C9H17NO/c1-7(8(10)11)9(2)5-3-4-6-9/h7H,3-6H2,1-2H3,(H2,10,11). The molecule has 0 radical (unpaired) electrons. The van der Waals surface area contributed by atoms with E-state index in [1.54, 1.807) is 0 Å². The predicted octanol–water partition coefficient (Wildman–Crippen LogP) is 1.69. The molecule has 0 aromatic rings. The second kappa shape index (κ2) is 2.84. The molecule has 2 nitrogen and oxygen atoms in total. The summed E-state index contributed by atoms with van der Waals surface area (Å²) in [6, 6.07) is 0. The van der Waals surface area contributed by atoms with E-state index < -0.39 is 0 Å². The summed E-state index contributed by atoms with van der Waals surface area (Å²) >= 11 is 0. The van der Waals surface area contributed by atoms with Gasteiger partial charge in [0.1, 0.15) is 0 Å². The third-order valence-electron chi connectivity index (χ3n) is 3.22. The number of hydrogen-bond donors (Lipinski definition) is 1. The first-order chi connectivity index (χ1) is 5.06. The van der Waals surface area contributed by atoms with E-state index in [4.69, 9.17) is 5.73 Å². The van der Waals surface area contributed by atoms with Gasteiger partial charge in [-0.05, 0) is 18.3 Å². The van der Waals surface area contributed by atoms with Gasteiger partial charge in [-0.1, -0.05) is 26.7 Å². The first-order valence-corrected chi connectivity index (χ1v) is 4.35. The number of rotatable bonds is 2. The fraction of sp³-hybridized carbons (Fsp3) is 0.889. The van der Waals surface area contributed by atoms with E-state index in [-0.39, 0.29) is 17.2 Å². The van der Waals surface area contributed by atoms with Gasteiger partial charge in [0.05, 0.1) is 0 Å². The molecular formula is C9H17NO. The lowest BCUT2D eigenvalue weighted by Gasteiger charge is -2.28. The SMILES string of the molecule is CC(C(N)=O)C1(C)CCCC1. The molecule has 0 bridgehead atoms. The highest BCUT2D eigenvalue weighted by molar-refractivity contribution is 5.77. The van der Waals surface area contributed by atoms with Crippen LogP contribution in [0.2, 0.25) is 0 Å². The molecule has 1 amide bonds. The number of amides is 1. The number of carbonyl (C=O) groups excluding carboxylic acids is 1. The normalized spacial score (nSPS) is 24.9. The molecule has 0 heterocycles. The van der Waals surface area contributed by atoms with Crippen molar-refractivity contribution in [1.82, 2.24) is 0 Å². The van der Waals surface area contributed by atoms with E-state index in [0.717, 1.165) is 12.8 Å². The average molecular weight is 155 g/mol. The Labute approximate surface area is 68.2 Å². The number of carbonyl (C=O) groups is 1. The zero-order chi connectivity index (χ0) is 8.48. The van der Waals surface area contributed by atoms with Crippen molar-refractivity contribution >= 4 is 5.91 Å². The molecule has 1 rings (SSSR count). The molecule has 0 aromatic carbocycles. The summed E-state index contributed by atoms with van der Waals surface area (Å²) in [5.74, 6) is -0.0978. The molecule has 0 saturated heterocycles. The molecule has 2 N–H and O–H groups in total. The topological polar surface area (TPSA) is 43.1 Å². The van der Waals surface area contributed by atoms with Crippen molar-refractivity contribution in [2.24, 2.45) is 17.1 Å². The van der Waals surface area contributed by atoms with Crippen molar-refractivity contribution in [3.63, 3.8) is 0 Å². The predicted molar refractivity (Wildman–Crippen MR) is 44.9 cm³/mol. The van der Waals surface area contributed by atoms with E-state index in [0.29, 0.717) is 0 Å². The third-order valence-corrected chi connectivity index (χ3v) is 3.22. The minimum Gasteiger partial charge on any atom is -0.369 e. The van der Waals surface area contributed by atoms with Crippen LogP contribution in [-0.2, 0) is 4.79 Å². The molecule has 0 aromatic heterocycles. The summed E-state index contributed by atoms with van der Waals surface area (Å²) in [6.07, 6.45) is 4.84. The lowest BCUT2D eigenvalue weighted by molar-refractivity contribution is -0.124. The van der Waals surface area contributed by atoms with Gasteiger partial charge in [-0.2, -0.15) is 0 Å². The van der Waals surface area contributed by atoms with Gasteiger partial charge in [-0.15, -0.1) is 0 Å². The Hall–Kier alpha value is -0.530. The summed E-state index contributed by atoms with van der Waals surface area (Å²) in [5, 5.41) is 0. The van der Waals surface area contributed by atoms with Crippen LogP contribution < -0.4 is 5.73 Å². The summed E-state index contributed by atoms with van der Waals surface area (Å²) in [7, 11) is 0. The molecule has 1 saturated carbocycles. The fourth-order valence-electron chi connectivity index (χ4n) is 1.96. The summed E-state index contributed by atoms with van der Waals surface area (Å²) in [5.41, 5.74) is 5.46. The number of nitrogens with two attached hydrogens (primary N) is 1. The molecule has 0 aliphatic heterocycles. The van der Waals surface area contributed by atoms with Crippen LogP contribution in [0.15, 0.2) is 0 Å². The second-order valence-corrected chi connectivity index (χ2v) is 3.99. The van der Waals surface area contributed by atoms with Crippen LogP contribution in [0.3, 0.4) is 0 Å². The first-order valence-electron chi connectivity index (χ1n) is 4.35. The third kappa shape index (κ3) is 1.55. The van der Waals surface area contributed by atoms with Crippen LogP contribution in [0.4, 0.5) is 0 Å². The Morgan fingerprint density at radius 3 is 2.27 bits per heavy atom. The highest BCUT2D eigenvalue weighted by Gasteiger charge is 2.36. The van der Waals surface area contributed by atoms with Gasteiger partial charge in [0.15, 0.2) is 0 Å². The maximum atomic E-state index is 10.9. The smallest absolute Gasteiger partial charge is 0.220 e. The molecule has 1 aliphatic rings. The summed E-state index contributed by atoms with van der Waals surface area (Å²) < 4.78 is 0. The minimum atomic E-state index is -0.144. The van der Waals surface area contributed by atoms with E-state index in [2.05, 4.69) is 6.92 Å². The molecule has 1 unspecified atom stereocenters. The van der Waals surface area contributed by atoms with Crippen LogP contribution in [0.1, 0.15) is 39.5 Å². The lowest BCUT2D eigenvalue weighted by Crippen LogP contribution is -2.33. The van der Waals surface area contributed by atoms with Gasteiger partial charge in [0, 0.05) is 5.92 Å². The highest BCUT2D eigenvalue weighted by Crippen LogP contribution is 2.43. The van der Waals surface area contributed by atoms with Crippen LogP contribution in [0.25, 0.3) is 0 Å². The highest BCUT2D eigenvalue weighted by atomic mass is 16.1. The minimum absolute atomic E-state index is 0.0463. The van der Waals surface area contributed by atoms with Gasteiger partial charge in [-0.3, -0.25) is 4.79 Å². The van der Waals surface area contributed by atoms with Crippen molar-refractivity contribution in [2.45, 2.75) is 39.5 Å². The zero-order valence-electron chi connectivity index (χ0n) is 7.39. The van der Waals surface area contributed by atoms with Crippen LogP contribution in [0, 0.1) is 11.3 Å². The van der Waals surface area contributed by atoms with Crippen molar-refractivity contribution in [1.29, 1.82) is 0 Å². The number of primary amides is 1. The number of hydrogen-bond acceptors (Lipinski definition) is 1. The Bertz CT molecular complexity index is 159. The van der Waals surface area contributed by atoms with Crippen LogP contribution >= 0.6 is 0 Å². The molecule has 1 fully saturated rings. The maximum Gasteiger partial charge on any atom is 0.220 e. The quantitative estimate of drug-likeness (QED) is 0.648. The van der Waals surface area contributed by atoms with E-state index >= 15 is 0 Å². The van der Waals surface area contributed by atoms with E-state index in [9.17, 15) is 4.79 Å². The van der Waals surface area contributed by atoms with Crippen molar-refractivity contribution in [3.05, 3.63) is 0 Å². The maximum absolute atomic E-state index is 10.9. The molecule has 1 atom stereocenters. The molecule has 11 heavy (non-hydrogen) atoms. The van der Waals surface area contributed by atoms with Crippen molar-refractivity contribution < 1.29 is 4.79 Å². The van der Waals surface area contributed by atoms with Crippen LogP contribution in [0.5, 0.6) is 0 Å². The fourth-order valence-corrected chi connectivity index (χ4v) is 1.96. The Morgan fingerprint density at radius 1 is 1.45 bits per heavy atom. The molecule has 2 heteroatoms. The van der Waals surface area contributed by atoms with Gasteiger partial charge >= 0.3 is 0 Å². The summed E-state index contributed by atoms with van der Waals surface area (Å²) in [6.45, 7) is 4.13. The Morgan fingerprint density at radius 2 is 1.91 bits per heavy atom. The zero-order valence-corrected chi connectivity index (χ0v) is 7.39. The molecule has 64 valence electrons. The van der Waals surface area contributed by atoms with Crippen molar-refractivity contribution in [2.75, 3.05) is 0 Å². The molecule has 1 aliphatic carbocycles. The largest absolute Gasteiger partial charge is 0.369 e. The summed E-state index contributed by atoms with van der Waals surface area (Å²) in [4.78, 5) is 10.9. The first kappa shape index (κ1) is 8.57. The monoisotopic (exact) mass is 155 g/mol. The second-order valence-electron chi connectivity index (χ2n) is 3.99.